The Morgan fingerprint density at radius 2 is 1.96 bits per heavy atom. The highest BCUT2D eigenvalue weighted by molar-refractivity contribution is 6.31. The first-order valence-electron chi connectivity index (χ1n) is 7.73. The standard InChI is InChI=1S/C18H20ClFN2O/c1-3-13(4-2)18(23)22(17-10-5-6-11-21-17)12-14-15(19)8-7-9-16(14)20/h5-11,13H,3-4,12H2,1-2H3. The minimum Gasteiger partial charge on any atom is -0.292 e. The Bertz CT molecular complexity index is 639. The fourth-order valence-electron chi connectivity index (χ4n) is 2.49. The van der Waals surface area contributed by atoms with Gasteiger partial charge in [-0.2, -0.15) is 0 Å². The zero-order valence-electron chi connectivity index (χ0n) is 13.3. The van der Waals surface area contributed by atoms with Crippen molar-refractivity contribution in [2.45, 2.75) is 33.2 Å². The van der Waals surface area contributed by atoms with Gasteiger partial charge in [0.25, 0.3) is 0 Å². The molecule has 0 unspecified atom stereocenters. The molecule has 0 spiro atoms. The Morgan fingerprint density at radius 3 is 2.52 bits per heavy atom. The molecule has 0 saturated heterocycles. The van der Waals surface area contributed by atoms with E-state index in [4.69, 9.17) is 11.6 Å². The molecule has 122 valence electrons. The third kappa shape index (κ3) is 4.08. The third-order valence-electron chi connectivity index (χ3n) is 3.90. The number of hydrogen-bond acceptors (Lipinski definition) is 2. The zero-order valence-corrected chi connectivity index (χ0v) is 14.1. The molecule has 0 bridgehead atoms. The normalized spacial score (nSPS) is 10.8. The van der Waals surface area contributed by atoms with Gasteiger partial charge in [0.2, 0.25) is 5.91 Å². The highest BCUT2D eigenvalue weighted by Crippen LogP contribution is 2.25. The van der Waals surface area contributed by atoms with Crippen LogP contribution >= 0.6 is 11.6 Å². The van der Waals surface area contributed by atoms with Crippen LogP contribution in [-0.2, 0) is 11.3 Å². The first kappa shape index (κ1) is 17.4. The van der Waals surface area contributed by atoms with Gasteiger partial charge in [0.15, 0.2) is 0 Å². The first-order valence-corrected chi connectivity index (χ1v) is 8.11. The Hall–Kier alpha value is -1.94. The summed E-state index contributed by atoms with van der Waals surface area (Å²) in [7, 11) is 0. The Labute approximate surface area is 141 Å². The number of rotatable bonds is 6. The number of nitrogens with zero attached hydrogens (tertiary/aromatic N) is 2. The molecule has 0 fully saturated rings. The lowest BCUT2D eigenvalue weighted by Crippen LogP contribution is -2.36. The fraction of sp³-hybridized carbons (Fsp3) is 0.333. The highest BCUT2D eigenvalue weighted by atomic mass is 35.5. The molecule has 1 aromatic carbocycles. The molecule has 1 heterocycles. The predicted octanol–water partition coefficient (Wildman–Crippen LogP) is 4.84. The number of anilines is 1. The maximum Gasteiger partial charge on any atom is 0.231 e. The summed E-state index contributed by atoms with van der Waals surface area (Å²) in [6, 6.07) is 9.85. The second-order valence-electron chi connectivity index (χ2n) is 5.33. The molecule has 2 rings (SSSR count). The van der Waals surface area contributed by atoms with E-state index in [-0.39, 0.29) is 18.4 Å². The van der Waals surface area contributed by atoms with Crippen LogP contribution in [-0.4, -0.2) is 10.9 Å². The lowest BCUT2D eigenvalue weighted by atomic mass is 10.0. The van der Waals surface area contributed by atoms with Crippen molar-refractivity contribution in [1.29, 1.82) is 0 Å². The molecule has 0 saturated carbocycles. The van der Waals surface area contributed by atoms with Crippen molar-refractivity contribution in [2.75, 3.05) is 4.90 Å². The molecule has 2 aromatic rings. The number of carbonyl (C=O) groups is 1. The predicted molar refractivity (Wildman–Crippen MR) is 90.9 cm³/mol. The molecule has 1 amide bonds. The molecule has 0 radical (unpaired) electrons. The van der Waals surface area contributed by atoms with E-state index in [1.54, 1.807) is 36.5 Å². The average molecular weight is 335 g/mol. The number of amides is 1. The maximum absolute atomic E-state index is 14.1. The topological polar surface area (TPSA) is 33.2 Å². The first-order chi connectivity index (χ1) is 11.1. The number of hydrogen-bond donors (Lipinski definition) is 0. The molecule has 0 aliphatic rings. The summed E-state index contributed by atoms with van der Waals surface area (Å²) in [5, 5.41) is 0.309. The van der Waals surface area contributed by atoms with Crippen LogP contribution in [0.25, 0.3) is 0 Å². The van der Waals surface area contributed by atoms with Crippen molar-refractivity contribution in [1.82, 2.24) is 4.98 Å². The van der Waals surface area contributed by atoms with Gasteiger partial charge in [-0.25, -0.2) is 9.37 Å². The summed E-state index contributed by atoms with van der Waals surface area (Å²) >= 11 is 6.11. The van der Waals surface area contributed by atoms with E-state index in [0.717, 1.165) is 12.8 Å². The molecular formula is C18H20ClFN2O. The zero-order chi connectivity index (χ0) is 16.8. The minimum absolute atomic E-state index is 0.0620. The van der Waals surface area contributed by atoms with Gasteiger partial charge >= 0.3 is 0 Å². The van der Waals surface area contributed by atoms with Gasteiger partial charge in [-0.3, -0.25) is 9.69 Å². The SMILES string of the molecule is CCC(CC)C(=O)N(Cc1c(F)cccc1Cl)c1ccccn1. The van der Waals surface area contributed by atoms with Crippen LogP contribution in [0.3, 0.4) is 0 Å². The number of pyridine rings is 1. The van der Waals surface area contributed by atoms with Gasteiger partial charge in [0.1, 0.15) is 11.6 Å². The van der Waals surface area contributed by atoms with Crippen molar-refractivity contribution < 1.29 is 9.18 Å². The maximum atomic E-state index is 14.1. The summed E-state index contributed by atoms with van der Waals surface area (Å²) in [4.78, 5) is 18.6. The van der Waals surface area contributed by atoms with E-state index in [2.05, 4.69) is 4.98 Å². The van der Waals surface area contributed by atoms with Gasteiger partial charge in [-0.1, -0.05) is 37.6 Å². The summed E-state index contributed by atoms with van der Waals surface area (Å²) in [6.07, 6.45) is 3.07. The van der Waals surface area contributed by atoms with Crippen molar-refractivity contribution in [3.63, 3.8) is 0 Å². The highest BCUT2D eigenvalue weighted by Gasteiger charge is 2.25. The number of carbonyl (C=O) groups excluding carboxylic acids is 1. The van der Waals surface area contributed by atoms with E-state index in [1.807, 2.05) is 13.8 Å². The molecule has 1 aromatic heterocycles. The van der Waals surface area contributed by atoms with Crippen LogP contribution in [0.4, 0.5) is 10.2 Å². The van der Waals surface area contributed by atoms with Crippen molar-refractivity contribution in [3.8, 4) is 0 Å². The summed E-state index contributed by atoms with van der Waals surface area (Å²) in [5.74, 6) is -0.102. The quantitative estimate of drug-likeness (QED) is 0.757. The molecular weight excluding hydrogens is 315 g/mol. The molecule has 0 aliphatic heterocycles. The molecule has 5 heteroatoms. The van der Waals surface area contributed by atoms with Gasteiger partial charge in [-0.05, 0) is 37.1 Å². The Kier molecular flexibility index (Phi) is 6.11. The summed E-state index contributed by atoms with van der Waals surface area (Å²) in [5.41, 5.74) is 0.305. The third-order valence-corrected chi connectivity index (χ3v) is 4.26. The second-order valence-corrected chi connectivity index (χ2v) is 5.73. The number of halogens is 2. The Balaban J connectivity index is 2.40. The van der Waals surface area contributed by atoms with Gasteiger partial charge < -0.3 is 0 Å². The Morgan fingerprint density at radius 1 is 1.22 bits per heavy atom. The summed E-state index contributed by atoms with van der Waals surface area (Å²) < 4.78 is 14.1. The number of aromatic nitrogens is 1. The van der Waals surface area contributed by atoms with Crippen LogP contribution < -0.4 is 4.90 Å². The van der Waals surface area contributed by atoms with Crippen molar-refractivity contribution >= 4 is 23.3 Å². The van der Waals surface area contributed by atoms with E-state index >= 15 is 0 Å². The smallest absolute Gasteiger partial charge is 0.231 e. The van der Waals surface area contributed by atoms with Crippen LogP contribution in [0.5, 0.6) is 0 Å². The van der Waals surface area contributed by atoms with E-state index < -0.39 is 5.82 Å². The average Bonchev–Trinajstić information content (AvgIpc) is 2.56. The van der Waals surface area contributed by atoms with Gasteiger partial charge in [0, 0.05) is 22.7 Å². The fourth-order valence-corrected chi connectivity index (χ4v) is 2.71. The molecule has 3 nitrogen and oxygen atoms in total. The lowest BCUT2D eigenvalue weighted by molar-refractivity contribution is -0.122. The minimum atomic E-state index is -0.421. The van der Waals surface area contributed by atoms with E-state index in [1.165, 1.54) is 11.0 Å². The lowest BCUT2D eigenvalue weighted by Gasteiger charge is -2.26. The van der Waals surface area contributed by atoms with Crippen LogP contribution in [0, 0.1) is 11.7 Å². The number of benzene rings is 1. The molecule has 23 heavy (non-hydrogen) atoms. The van der Waals surface area contributed by atoms with E-state index in [9.17, 15) is 9.18 Å². The molecule has 0 atom stereocenters. The summed E-state index contributed by atoms with van der Waals surface area (Å²) in [6.45, 7) is 4.01. The van der Waals surface area contributed by atoms with Crippen molar-refractivity contribution in [3.05, 3.63) is 59.0 Å². The van der Waals surface area contributed by atoms with Crippen LogP contribution in [0.1, 0.15) is 32.3 Å². The van der Waals surface area contributed by atoms with Gasteiger partial charge in [-0.15, -0.1) is 0 Å². The van der Waals surface area contributed by atoms with E-state index in [0.29, 0.717) is 16.4 Å². The monoisotopic (exact) mass is 334 g/mol. The van der Waals surface area contributed by atoms with Gasteiger partial charge in [0.05, 0.1) is 6.54 Å². The second kappa shape index (κ2) is 8.06. The van der Waals surface area contributed by atoms with Crippen molar-refractivity contribution in [2.24, 2.45) is 5.92 Å². The van der Waals surface area contributed by atoms with Crippen LogP contribution in [0.2, 0.25) is 5.02 Å². The largest absolute Gasteiger partial charge is 0.292 e. The molecule has 0 aliphatic carbocycles. The van der Waals surface area contributed by atoms with Crippen LogP contribution in [0.15, 0.2) is 42.6 Å². The molecule has 0 N–H and O–H groups in total.